The van der Waals surface area contributed by atoms with E-state index in [9.17, 15) is 4.79 Å². The highest BCUT2D eigenvalue weighted by Crippen LogP contribution is 2.11. The first-order chi connectivity index (χ1) is 8.67. The summed E-state index contributed by atoms with van der Waals surface area (Å²) in [5.74, 6) is 0.772. The van der Waals surface area contributed by atoms with E-state index in [4.69, 9.17) is 0 Å². The van der Waals surface area contributed by atoms with Crippen molar-refractivity contribution >= 4 is 5.91 Å². The Kier molecular flexibility index (Phi) is 7.28. The Morgan fingerprint density at radius 1 is 1.33 bits per heavy atom. The predicted octanol–water partition coefficient (Wildman–Crippen LogP) is 1.27. The van der Waals surface area contributed by atoms with Crippen LogP contribution in [0.3, 0.4) is 0 Å². The van der Waals surface area contributed by atoms with E-state index in [2.05, 4.69) is 36.7 Å². The minimum atomic E-state index is -0.0649. The standard InChI is InChI=1S/C14H29N3O/c1-4-6-7-12(5-2)9-17-14(18)13-10-15-11(3)8-16-13/h11-13,15-16H,4-10H2,1-3H3,(H,17,18). The number of amides is 1. The molecule has 1 saturated heterocycles. The van der Waals surface area contributed by atoms with Gasteiger partial charge >= 0.3 is 0 Å². The van der Waals surface area contributed by atoms with Crippen molar-refractivity contribution in [2.24, 2.45) is 5.92 Å². The third-order valence-electron chi connectivity index (χ3n) is 3.77. The van der Waals surface area contributed by atoms with E-state index in [1.807, 2.05) is 0 Å². The highest BCUT2D eigenvalue weighted by atomic mass is 16.2. The van der Waals surface area contributed by atoms with Crippen molar-refractivity contribution < 1.29 is 4.79 Å². The zero-order chi connectivity index (χ0) is 13.4. The Hall–Kier alpha value is -0.610. The molecule has 1 rings (SSSR count). The highest BCUT2D eigenvalue weighted by molar-refractivity contribution is 5.82. The van der Waals surface area contributed by atoms with E-state index in [0.29, 0.717) is 12.0 Å². The van der Waals surface area contributed by atoms with Crippen molar-refractivity contribution in [3.05, 3.63) is 0 Å². The van der Waals surface area contributed by atoms with E-state index < -0.39 is 0 Å². The van der Waals surface area contributed by atoms with Gasteiger partial charge in [-0.25, -0.2) is 0 Å². The molecule has 4 heteroatoms. The molecule has 106 valence electrons. The van der Waals surface area contributed by atoms with Crippen molar-refractivity contribution in [2.75, 3.05) is 19.6 Å². The quantitative estimate of drug-likeness (QED) is 0.642. The summed E-state index contributed by atoms with van der Waals surface area (Å²) in [6, 6.07) is 0.395. The van der Waals surface area contributed by atoms with E-state index in [1.54, 1.807) is 0 Å². The van der Waals surface area contributed by atoms with Crippen molar-refractivity contribution in [3.63, 3.8) is 0 Å². The van der Waals surface area contributed by atoms with Gasteiger partial charge in [0.25, 0.3) is 0 Å². The van der Waals surface area contributed by atoms with Crippen LogP contribution < -0.4 is 16.0 Å². The smallest absolute Gasteiger partial charge is 0.238 e. The molecule has 1 amide bonds. The van der Waals surface area contributed by atoms with Gasteiger partial charge in [0.2, 0.25) is 5.91 Å². The molecular formula is C14H29N3O. The SMILES string of the molecule is CCCCC(CC)CNC(=O)C1CNC(C)CN1. The highest BCUT2D eigenvalue weighted by Gasteiger charge is 2.23. The van der Waals surface area contributed by atoms with Gasteiger partial charge in [-0.3, -0.25) is 4.79 Å². The van der Waals surface area contributed by atoms with E-state index in [-0.39, 0.29) is 11.9 Å². The molecule has 3 N–H and O–H groups in total. The minimum Gasteiger partial charge on any atom is -0.354 e. The minimum absolute atomic E-state index is 0.0649. The third-order valence-corrected chi connectivity index (χ3v) is 3.77. The lowest BCUT2D eigenvalue weighted by atomic mass is 9.99. The van der Waals surface area contributed by atoms with E-state index in [0.717, 1.165) is 26.1 Å². The third kappa shape index (κ3) is 5.36. The van der Waals surface area contributed by atoms with Gasteiger partial charge in [0.15, 0.2) is 0 Å². The molecule has 1 aliphatic rings. The molecule has 3 unspecified atom stereocenters. The molecule has 0 aliphatic carbocycles. The summed E-state index contributed by atoms with van der Waals surface area (Å²) in [4.78, 5) is 12.0. The molecule has 0 saturated carbocycles. The van der Waals surface area contributed by atoms with Crippen LogP contribution in [-0.4, -0.2) is 37.6 Å². The number of nitrogens with one attached hydrogen (secondary N) is 3. The van der Waals surface area contributed by atoms with Crippen LogP contribution in [0.5, 0.6) is 0 Å². The van der Waals surface area contributed by atoms with Gasteiger partial charge in [-0.15, -0.1) is 0 Å². The van der Waals surface area contributed by atoms with Crippen LogP contribution in [0.1, 0.15) is 46.5 Å². The van der Waals surface area contributed by atoms with Gasteiger partial charge in [-0.05, 0) is 19.3 Å². The Morgan fingerprint density at radius 2 is 2.11 bits per heavy atom. The van der Waals surface area contributed by atoms with Crippen molar-refractivity contribution in [1.29, 1.82) is 0 Å². The largest absolute Gasteiger partial charge is 0.354 e. The number of hydrogen-bond donors (Lipinski definition) is 3. The maximum absolute atomic E-state index is 12.0. The summed E-state index contributed by atoms with van der Waals surface area (Å²) in [5.41, 5.74) is 0. The second-order valence-corrected chi connectivity index (χ2v) is 5.43. The summed E-state index contributed by atoms with van der Waals surface area (Å²) in [5, 5.41) is 9.69. The molecule has 0 aromatic rings. The monoisotopic (exact) mass is 255 g/mol. The Balaban J connectivity index is 2.22. The second kappa shape index (κ2) is 8.48. The fourth-order valence-corrected chi connectivity index (χ4v) is 2.28. The molecule has 0 aromatic heterocycles. The second-order valence-electron chi connectivity index (χ2n) is 5.43. The van der Waals surface area contributed by atoms with Crippen LogP contribution in [-0.2, 0) is 4.79 Å². The normalized spacial score (nSPS) is 25.7. The number of piperazine rings is 1. The van der Waals surface area contributed by atoms with Crippen molar-refractivity contribution in [3.8, 4) is 0 Å². The van der Waals surface area contributed by atoms with Crippen molar-refractivity contribution in [1.82, 2.24) is 16.0 Å². The number of unbranched alkanes of at least 4 members (excludes halogenated alkanes) is 1. The zero-order valence-electron chi connectivity index (χ0n) is 12.1. The molecule has 0 radical (unpaired) electrons. The lowest BCUT2D eigenvalue weighted by Gasteiger charge is -2.28. The molecule has 4 nitrogen and oxygen atoms in total. The summed E-state index contributed by atoms with van der Waals surface area (Å²) in [7, 11) is 0. The first-order valence-electron chi connectivity index (χ1n) is 7.41. The zero-order valence-corrected chi connectivity index (χ0v) is 12.1. The molecule has 0 bridgehead atoms. The molecule has 1 heterocycles. The van der Waals surface area contributed by atoms with Crippen LogP contribution >= 0.6 is 0 Å². The molecule has 0 spiro atoms. The fraction of sp³-hybridized carbons (Fsp3) is 0.929. The topological polar surface area (TPSA) is 53.2 Å². The van der Waals surface area contributed by atoms with Crippen LogP contribution in [0.4, 0.5) is 0 Å². The molecule has 18 heavy (non-hydrogen) atoms. The average Bonchev–Trinajstić information content (AvgIpc) is 2.39. The van der Waals surface area contributed by atoms with E-state index >= 15 is 0 Å². The van der Waals surface area contributed by atoms with Crippen LogP contribution in [0.15, 0.2) is 0 Å². The van der Waals surface area contributed by atoms with Gasteiger partial charge in [0.05, 0.1) is 6.04 Å². The Labute approximate surface area is 111 Å². The first kappa shape index (κ1) is 15.4. The van der Waals surface area contributed by atoms with Crippen LogP contribution in [0.2, 0.25) is 0 Å². The fourth-order valence-electron chi connectivity index (χ4n) is 2.28. The van der Waals surface area contributed by atoms with Crippen LogP contribution in [0, 0.1) is 5.92 Å². The van der Waals surface area contributed by atoms with Gasteiger partial charge in [0, 0.05) is 25.7 Å². The average molecular weight is 255 g/mol. The maximum Gasteiger partial charge on any atom is 0.238 e. The van der Waals surface area contributed by atoms with Gasteiger partial charge in [-0.1, -0.05) is 33.1 Å². The summed E-state index contributed by atoms with van der Waals surface area (Å²) in [6.07, 6.45) is 4.86. The Morgan fingerprint density at radius 3 is 2.67 bits per heavy atom. The number of hydrogen-bond acceptors (Lipinski definition) is 3. The molecule has 1 fully saturated rings. The maximum atomic E-state index is 12.0. The summed E-state index contributed by atoms with van der Waals surface area (Å²) in [6.45, 7) is 8.96. The summed E-state index contributed by atoms with van der Waals surface area (Å²) >= 11 is 0. The molecule has 1 aliphatic heterocycles. The molecule has 3 atom stereocenters. The number of rotatable bonds is 7. The molecule has 0 aromatic carbocycles. The Bertz CT molecular complexity index is 237. The number of carbonyl (C=O) groups is 1. The van der Waals surface area contributed by atoms with Gasteiger partial charge in [-0.2, -0.15) is 0 Å². The number of carbonyl (C=O) groups excluding carboxylic acids is 1. The van der Waals surface area contributed by atoms with Gasteiger partial charge < -0.3 is 16.0 Å². The van der Waals surface area contributed by atoms with Crippen molar-refractivity contribution in [2.45, 2.75) is 58.5 Å². The lowest BCUT2D eigenvalue weighted by molar-refractivity contribution is -0.123. The summed E-state index contributed by atoms with van der Waals surface area (Å²) < 4.78 is 0. The molecular weight excluding hydrogens is 226 g/mol. The predicted molar refractivity (Wildman–Crippen MR) is 75.6 cm³/mol. The lowest BCUT2D eigenvalue weighted by Crippen LogP contribution is -2.59. The first-order valence-corrected chi connectivity index (χ1v) is 7.41. The van der Waals surface area contributed by atoms with E-state index in [1.165, 1.54) is 19.3 Å². The van der Waals surface area contributed by atoms with Gasteiger partial charge in [0.1, 0.15) is 0 Å². The van der Waals surface area contributed by atoms with Crippen LogP contribution in [0.25, 0.3) is 0 Å².